The normalized spacial score (nSPS) is 51.5. The van der Waals surface area contributed by atoms with Crippen molar-refractivity contribution in [1.82, 2.24) is 0 Å². The summed E-state index contributed by atoms with van der Waals surface area (Å²) in [7, 11) is 0. The molecule has 1 aliphatic heterocycles. The lowest BCUT2D eigenvalue weighted by atomic mass is 9.88. The van der Waals surface area contributed by atoms with Gasteiger partial charge in [0, 0.05) is 5.92 Å². The largest absolute Gasteiger partial charge is 0.384 e. The van der Waals surface area contributed by atoms with E-state index in [1.165, 1.54) is 0 Å². The second-order valence-electron chi connectivity index (χ2n) is 3.45. The van der Waals surface area contributed by atoms with Crippen molar-refractivity contribution in [3.63, 3.8) is 0 Å². The molecule has 1 aliphatic rings. The Morgan fingerprint density at radius 3 is 2.27 bits per heavy atom. The predicted octanol–water partition coefficient (Wildman–Crippen LogP) is 0.501. The highest BCUT2D eigenvalue weighted by molar-refractivity contribution is 4.92. The fourth-order valence-electron chi connectivity index (χ4n) is 1.47. The molecular formula is C8H16O3. The maximum Gasteiger partial charge on any atom is 0.184 e. The monoisotopic (exact) mass is 160 g/mol. The second kappa shape index (κ2) is 2.73. The molecule has 3 heteroatoms. The van der Waals surface area contributed by atoms with E-state index in [0.29, 0.717) is 0 Å². The predicted molar refractivity (Wildman–Crippen MR) is 41.0 cm³/mol. The molecule has 0 aromatic heterocycles. The molecule has 1 saturated heterocycles. The topological polar surface area (TPSA) is 49.7 Å². The van der Waals surface area contributed by atoms with Crippen molar-refractivity contribution >= 4 is 0 Å². The van der Waals surface area contributed by atoms with E-state index in [1.807, 2.05) is 13.8 Å². The summed E-state index contributed by atoms with van der Waals surface area (Å²) in [6, 6.07) is 0. The van der Waals surface area contributed by atoms with Crippen LogP contribution in [0.4, 0.5) is 0 Å². The van der Waals surface area contributed by atoms with Gasteiger partial charge in [-0.3, -0.25) is 0 Å². The Morgan fingerprint density at radius 2 is 2.09 bits per heavy atom. The molecule has 2 N–H and O–H groups in total. The Morgan fingerprint density at radius 1 is 1.55 bits per heavy atom. The van der Waals surface area contributed by atoms with Gasteiger partial charge >= 0.3 is 0 Å². The quantitative estimate of drug-likeness (QED) is 0.587. The third-order valence-corrected chi connectivity index (χ3v) is 2.69. The minimum absolute atomic E-state index is 0.00231. The average Bonchev–Trinajstić information content (AvgIpc) is 2.14. The maximum atomic E-state index is 9.66. The van der Waals surface area contributed by atoms with Crippen LogP contribution in [0.3, 0.4) is 0 Å². The zero-order valence-electron chi connectivity index (χ0n) is 7.24. The zero-order chi connectivity index (χ0) is 8.65. The van der Waals surface area contributed by atoms with Crippen molar-refractivity contribution in [3.8, 4) is 0 Å². The Bertz CT molecular complexity index is 144. The van der Waals surface area contributed by atoms with Crippen molar-refractivity contribution in [2.24, 2.45) is 5.92 Å². The molecule has 0 amide bonds. The summed E-state index contributed by atoms with van der Waals surface area (Å²) in [5, 5.41) is 18.9. The summed E-state index contributed by atoms with van der Waals surface area (Å²) < 4.78 is 5.14. The van der Waals surface area contributed by atoms with Crippen molar-refractivity contribution in [2.75, 3.05) is 0 Å². The standard InChI is InChI=1S/C8H16O3/c1-4-6-5(2)8(3,10)7(9)11-6/h5-7,9-10H,4H2,1-3H3/t5-,6-,7?,8-/m1/s1. The van der Waals surface area contributed by atoms with Crippen molar-refractivity contribution in [3.05, 3.63) is 0 Å². The number of aliphatic hydroxyl groups excluding tert-OH is 1. The molecule has 1 fully saturated rings. The third kappa shape index (κ3) is 1.28. The van der Waals surface area contributed by atoms with Gasteiger partial charge in [-0.15, -0.1) is 0 Å². The van der Waals surface area contributed by atoms with Crippen LogP contribution in [0, 0.1) is 5.92 Å². The molecule has 11 heavy (non-hydrogen) atoms. The van der Waals surface area contributed by atoms with E-state index in [-0.39, 0.29) is 12.0 Å². The van der Waals surface area contributed by atoms with E-state index in [2.05, 4.69) is 0 Å². The zero-order valence-corrected chi connectivity index (χ0v) is 7.24. The molecule has 0 spiro atoms. The smallest absolute Gasteiger partial charge is 0.184 e. The summed E-state index contributed by atoms with van der Waals surface area (Å²) in [6.07, 6.45) is -0.212. The van der Waals surface area contributed by atoms with Crippen LogP contribution in [0.5, 0.6) is 0 Å². The van der Waals surface area contributed by atoms with E-state index >= 15 is 0 Å². The molecule has 1 rings (SSSR count). The molecule has 0 bridgehead atoms. The van der Waals surface area contributed by atoms with Crippen LogP contribution in [0.2, 0.25) is 0 Å². The van der Waals surface area contributed by atoms with Gasteiger partial charge in [-0.25, -0.2) is 0 Å². The SMILES string of the molecule is CC[C@H]1OC(O)[C@](C)(O)[C@@H]1C. The van der Waals surface area contributed by atoms with Gasteiger partial charge in [0.2, 0.25) is 0 Å². The van der Waals surface area contributed by atoms with Gasteiger partial charge in [0.15, 0.2) is 6.29 Å². The van der Waals surface area contributed by atoms with Crippen LogP contribution < -0.4 is 0 Å². The second-order valence-corrected chi connectivity index (χ2v) is 3.45. The molecule has 0 radical (unpaired) electrons. The van der Waals surface area contributed by atoms with E-state index in [1.54, 1.807) is 6.92 Å². The van der Waals surface area contributed by atoms with Gasteiger partial charge < -0.3 is 14.9 Å². The van der Waals surface area contributed by atoms with E-state index < -0.39 is 11.9 Å². The molecule has 0 aromatic carbocycles. The highest BCUT2D eigenvalue weighted by atomic mass is 16.6. The summed E-state index contributed by atoms with van der Waals surface area (Å²) in [6.45, 7) is 5.48. The lowest BCUT2D eigenvalue weighted by molar-refractivity contribution is -0.164. The minimum Gasteiger partial charge on any atom is -0.384 e. The summed E-state index contributed by atoms with van der Waals surface area (Å²) in [5.41, 5.74) is -1.08. The van der Waals surface area contributed by atoms with E-state index in [0.717, 1.165) is 6.42 Å². The highest BCUT2D eigenvalue weighted by Gasteiger charge is 2.48. The number of hydrogen-bond donors (Lipinski definition) is 2. The molecule has 66 valence electrons. The number of rotatable bonds is 1. The molecule has 1 heterocycles. The Labute approximate surface area is 67.0 Å². The lowest BCUT2D eigenvalue weighted by Crippen LogP contribution is -2.39. The van der Waals surface area contributed by atoms with E-state index in [9.17, 15) is 10.2 Å². The lowest BCUT2D eigenvalue weighted by Gasteiger charge is -2.23. The van der Waals surface area contributed by atoms with Crippen LogP contribution in [-0.4, -0.2) is 28.2 Å². The van der Waals surface area contributed by atoms with Crippen LogP contribution in [0.1, 0.15) is 27.2 Å². The van der Waals surface area contributed by atoms with Gasteiger partial charge in [-0.1, -0.05) is 13.8 Å². The average molecular weight is 160 g/mol. The first-order chi connectivity index (χ1) is 5.00. The highest BCUT2D eigenvalue weighted by Crippen LogP contribution is 2.35. The molecule has 0 saturated carbocycles. The number of hydrogen-bond acceptors (Lipinski definition) is 3. The Hall–Kier alpha value is -0.120. The molecule has 1 unspecified atom stereocenters. The Balaban J connectivity index is 2.71. The third-order valence-electron chi connectivity index (χ3n) is 2.69. The van der Waals surface area contributed by atoms with Crippen molar-refractivity contribution in [1.29, 1.82) is 0 Å². The van der Waals surface area contributed by atoms with Gasteiger partial charge in [-0.05, 0) is 13.3 Å². The van der Waals surface area contributed by atoms with Crippen LogP contribution in [0.25, 0.3) is 0 Å². The molecular weight excluding hydrogens is 144 g/mol. The summed E-state index contributed by atoms with van der Waals surface area (Å²) in [4.78, 5) is 0. The molecule has 0 aromatic rings. The van der Waals surface area contributed by atoms with Crippen LogP contribution in [-0.2, 0) is 4.74 Å². The fraction of sp³-hybridized carbons (Fsp3) is 1.00. The fourth-order valence-corrected chi connectivity index (χ4v) is 1.47. The first kappa shape index (κ1) is 8.97. The summed E-state index contributed by atoms with van der Waals surface area (Å²) in [5.74, 6) is 0.00231. The first-order valence-corrected chi connectivity index (χ1v) is 4.06. The number of aliphatic hydroxyl groups is 2. The molecule has 4 atom stereocenters. The summed E-state index contributed by atoms with van der Waals surface area (Å²) >= 11 is 0. The van der Waals surface area contributed by atoms with Gasteiger partial charge in [0.05, 0.1) is 6.10 Å². The Kier molecular flexibility index (Phi) is 2.23. The molecule has 3 nitrogen and oxygen atoms in total. The van der Waals surface area contributed by atoms with Gasteiger partial charge in [-0.2, -0.15) is 0 Å². The van der Waals surface area contributed by atoms with Crippen molar-refractivity contribution in [2.45, 2.75) is 45.2 Å². The van der Waals surface area contributed by atoms with Gasteiger partial charge in [0.25, 0.3) is 0 Å². The first-order valence-electron chi connectivity index (χ1n) is 4.06. The van der Waals surface area contributed by atoms with E-state index in [4.69, 9.17) is 4.74 Å². The maximum absolute atomic E-state index is 9.66. The molecule has 0 aliphatic carbocycles. The minimum atomic E-state index is -1.08. The van der Waals surface area contributed by atoms with Crippen LogP contribution >= 0.6 is 0 Å². The number of ether oxygens (including phenoxy) is 1. The van der Waals surface area contributed by atoms with Crippen molar-refractivity contribution < 1.29 is 14.9 Å². The van der Waals surface area contributed by atoms with Gasteiger partial charge in [0.1, 0.15) is 5.60 Å². The van der Waals surface area contributed by atoms with Crippen LogP contribution in [0.15, 0.2) is 0 Å².